The van der Waals surface area contributed by atoms with Crippen molar-refractivity contribution in [1.82, 2.24) is 10.3 Å². The summed E-state index contributed by atoms with van der Waals surface area (Å²) in [6, 6.07) is 4.98. The minimum Gasteiger partial charge on any atom is -0.349 e. The second-order valence-corrected chi connectivity index (χ2v) is 7.96. The van der Waals surface area contributed by atoms with E-state index < -0.39 is 6.03 Å². The summed E-state index contributed by atoms with van der Waals surface area (Å²) < 4.78 is 0. The lowest BCUT2D eigenvalue weighted by molar-refractivity contribution is -0.119. The minimum atomic E-state index is -0.471. The van der Waals surface area contributed by atoms with Crippen LogP contribution < -0.4 is 21.7 Å². The van der Waals surface area contributed by atoms with Gasteiger partial charge in [0, 0.05) is 16.9 Å². The molecule has 0 saturated heterocycles. The number of carbonyl (C=O) groups is 3. The van der Waals surface area contributed by atoms with Crippen molar-refractivity contribution < 1.29 is 14.4 Å². The summed E-state index contributed by atoms with van der Waals surface area (Å²) in [5, 5.41) is 10.2. The zero-order chi connectivity index (χ0) is 20.8. The van der Waals surface area contributed by atoms with Crippen molar-refractivity contribution in [2.45, 2.75) is 39.2 Å². The number of ketones is 1. The highest BCUT2D eigenvalue weighted by Gasteiger charge is 2.26. The lowest BCUT2D eigenvalue weighted by Gasteiger charge is -2.14. The molecule has 3 rings (SSSR count). The predicted octanol–water partition coefficient (Wildman–Crippen LogP) is 3.04. The van der Waals surface area contributed by atoms with Gasteiger partial charge in [-0.15, -0.1) is 11.3 Å². The Kier molecular flexibility index (Phi) is 6.95. The van der Waals surface area contributed by atoms with Crippen LogP contribution in [-0.4, -0.2) is 29.3 Å². The van der Waals surface area contributed by atoms with Gasteiger partial charge < -0.3 is 16.4 Å². The van der Waals surface area contributed by atoms with Gasteiger partial charge in [0.15, 0.2) is 10.9 Å². The van der Waals surface area contributed by atoms with Crippen molar-refractivity contribution in [1.29, 1.82) is 0 Å². The van der Waals surface area contributed by atoms with Gasteiger partial charge in [-0.25, -0.2) is 9.78 Å². The van der Waals surface area contributed by atoms with Crippen molar-refractivity contribution in [2.75, 3.05) is 17.2 Å². The van der Waals surface area contributed by atoms with Crippen LogP contribution in [-0.2, 0) is 11.3 Å². The number of benzene rings is 1. The maximum Gasteiger partial charge on any atom is 0.325 e. The number of aryl methyl sites for hydroxylation is 1. The van der Waals surface area contributed by atoms with Crippen LogP contribution in [0.5, 0.6) is 0 Å². The van der Waals surface area contributed by atoms with Crippen molar-refractivity contribution in [3.63, 3.8) is 0 Å². The number of thiazole rings is 1. The van der Waals surface area contributed by atoms with E-state index in [9.17, 15) is 14.4 Å². The first-order chi connectivity index (χ1) is 14.0. The molecule has 1 aromatic heterocycles. The average Bonchev–Trinajstić information content (AvgIpc) is 3.39. The second-order valence-electron chi connectivity index (χ2n) is 7.10. The highest BCUT2D eigenvalue weighted by molar-refractivity contribution is 7.13. The number of nitrogens with zero attached hydrogens (tertiary/aromatic N) is 1. The Balaban J connectivity index is 1.64. The zero-order valence-corrected chi connectivity index (χ0v) is 17.1. The molecule has 5 N–H and O–H groups in total. The Morgan fingerprint density at radius 1 is 1.21 bits per heavy atom. The number of anilines is 2. The molecule has 1 fully saturated rings. The number of aromatic nitrogens is 1. The van der Waals surface area contributed by atoms with E-state index >= 15 is 0 Å². The highest BCUT2D eigenvalue weighted by Crippen LogP contribution is 2.31. The predicted molar refractivity (Wildman–Crippen MR) is 113 cm³/mol. The molecule has 3 amide bonds. The first-order valence-corrected chi connectivity index (χ1v) is 10.5. The van der Waals surface area contributed by atoms with E-state index in [2.05, 4.69) is 20.9 Å². The fourth-order valence-electron chi connectivity index (χ4n) is 3.34. The molecular weight excluding hydrogens is 390 g/mol. The molecule has 2 aromatic rings. The number of carbonyl (C=O) groups excluding carboxylic acids is 3. The molecule has 1 aromatic carbocycles. The number of hydrogen-bond donors (Lipinski definition) is 4. The van der Waals surface area contributed by atoms with Gasteiger partial charge in [-0.1, -0.05) is 24.5 Å². The van der Waals surface area contributed by atoms with Gasteiger partial charge in [0.2, 0.25) is 5.91 Å². The summed E-state index contributed by atoms with van der Waals surface area (Å²) in [4.78, 5) is 40.8. The first-order valence-electron chi connectivity index (χ1n) is 9.60. The van der Waals surface area contributed by atoms with E-state index in [1.165, 1.54) is 11.3 Å². The summed E-state index contributed by atoms with van der Waals surface area (Å²) in [5.41, 5.74) is 7.89. The summed E-state index contributed by atoms with van der Waals surface area (Å²) >= 11 is 1.25. The maximum absolute atomic E-state index is 12.9. The molecule has 0 bridgehead atoms. The molecule has 8 nitrogen and oxygen atoms in total. The number of amides is 3. The number of Topliss-reactive ketones (excluding diaryl/α,β-unsaturated/α-hetero) is 1. The number of rotatable bonds is 7. The van der Waals surface area contributed by atoms with E-state index in [-0.39, 0.29) is 30.7 Å². The minimum absolute atomic E-state index is 0.0330. The number of hydrogen-bond acceptors (Lipinski definition) is 6. The largest absolute Gasteiger partial charge is 0.349 e. The van der Waals surface area contributed by atoms with E-state index in [0.29, 0.717) is 22.1 Å². The molecule has 154 valence electrons. The fourth-order valence-corrected chi connectivity index (χ4v) is 4.04. The Morgan fingerprint density at radius 3 is 2.69 bits per heavy atom. The Labute approximate surface area is 173 Å². The van der Waals surface area contributed by atoms with Crippen molar-refractivity contribution >= 4 is 39.9 Å². The lowest BCUT2D eigenvalue weighted by atomic mass is 9.94. The average molecular weight is 416 g/mol. The van der Waals surface area contributed by atoms with Gasteiger partial charge in [-0.3, -0.25) is 14.9 Å². The summed E-state index contributed by atoms with van der Waals surface area (Å²) in [6.45, 7) is 2.08. The van der Waals surface area contributed by atoms with Crippen LogP contribution >= 0.6 is 11.3 Å². The van der Waals surface area contributed by atoms with Gasteiger partial charge in [0.05, 0.1) is 24.5 Å². The van der Waals surface area contributed by atoms with Crippen LogP contribution in [0.2, 0.25) is 0 Å². The summed E-state index contributed by atoms with van der Waals surface area (Å²) in [7, 11) is 0. The normalized spacial score (nSPS) is 13.9. The molecule has 1 aliphatic carbocycles. The Bertz CT molecular complexity index is 905. The van der Waals surface area contributed by atoms with E-state index in [1.54, 1.807) is 11.4 Å². The third-order valence-corrected chi connectivity index (χ3v) is 5.65. The number of nitrogens with two attached hydrogens (primary N) is 1. The van der Waals surface area contributed by atoms with Crippen LogP contribution in [0.3, 0.4) is 0 Å². The van der Waals surface area contributed by atoms with Crippen LogP contribution in [0, 0.1) is 12.8 Å². The number of urea groups is 1. The van der Waals surface area contributed by atoms with Crippen LogP contribution in [0.25, 0.3) is 0 Å². The molecule has 0 radical (unpaired) electrons. The molecule has 1 saturated carbocycles. The molecule has 0 unspecified atom stereocenters. The number of nitrogens with one attached hydrogen (secondary N) is 3. The Morgan fingerprint density at radius 2 is 1.97 bits per heavy atom. The quantitative estimate of drug-likeness (QED) is 0.517. The van der Waals surface area contributed by atoms with Gasteiger partial charge in [0.1, 0.15) is 0 Å². The molecule has 1 aliphatic rings. The molecule has 0 aliphatic heterocycles. The molecule has 29 heavy (non-hydrogen) atoms. The van der Waals surface area contributed by atoms with Gasteiger partial charge >= 0.3 is 6.03 Å². The zero-order valence-electron chi connectivity index (χ0n) is 16.3. The summed E-state index contributed by atoms with van der Waals surface area (Å²) in [5.74, 6) is -0.150. The van der Waals surface area contributed by atoms with Gasteiger partial charge in [0.25, 0.3) is 0 Å². The van der Waals surface area contributed by atoms with E-state index in [4.69, 9.17) is 5.73 Å². The van der Waals surface area contributed by atoms with Gasteiger partial charge in [-0.05, 0) is 31.9 Å². The van der Waals surface area contributed by atoms with Crippen LogP contribution in [0.1, 0.15) is 47.3 Å². The molecule has 1 heterocycles. The second kappa shape index (κ2) is 9.62. The van der Waals surface area contributed by atoms with Crippen molar-refractivity contribution in [2.24, 2.45) is 11.7 Å². The molecule has 0 spiro atoms. The third-order valence-electron chi connectivity index (χ3n) is 4.84. The maximum atomic E-state index is 12.9. The SMILES string of the molecule is Cc1ccc(NC(=O)Nc2nc(CNC(=O)CN)cs2)c(C(=O)C2CCCC2)c1. The highest BCUT2D eigenvalue weighted by atomic mass is 32.1. The van der Waals surface area contributed by atoms with E-state index in [0.717, 1.165) is 31.2 Å². The lowest BCUT2D eigenvalue weighted by Crippen LogP contribution is -2.29. The molecule has 9 heteroatoms. The van der Waals surface area contributed by atoms with Gasteiger partial charge in [-0.2, -0.15) is 0 Å². The Hall–Kier alpha value is -2.78. The van der Waals surface area contributed by atoms with E-state index in [1.807, 2.05) is 19.1 Å². The van der Waals surface area contributed by atoms with Crippen molar-refractivity contribution in [3.8, 4) is 0 Å². The fraction of sp³-hybridized carbons (Fsp3) is 0.400. The smallest absolute Gasteiger partial charge is 0.325 e. The monoisotopic (exact) mass is 415 g/mol. The molecule has 0 atom stereocenters. The molecular formula is C20H25N5O3S. The van der Waals surface area contributed by atoms with Crippen molar-refractivity contribution in [3.05, 3.63) is 40.4 Å². The summed E-state index contributed by atoms with van der Waals surface area (Å²) in [6.07, 6.45) is 3.95. The van der Waals surface area contributed by atoms with Crippen LogP contribution in [0.4, 0.5) is 15.6 Å². The topological polar surface area (TPSA) is 126 Å². The first kappa shape index (κ1) is 20.9. The van der Waals surface area contributed by atoms with Crippen LogP contribution in [0.15, 0.2) is 23.6 Å². The standard InChI is InChI=1S/C20H25N5O3S/c1-12-6-7-16(15(8-12)18(27)13-4-2-3-5-13)24-19(28)25-20-23-14(11-29-20)10-22-17(26)9-21/h6-8,11,13H,2-5,9-10,21H2,1H3,(H,22,26)(H2,23,24,25,28). The third kappa shape index (κ3) is 5.61.